The summed E-state index contributed by atoms with van der Waals surface area (Å²) in [5.74, 6) is -0.772. The van der Waals surface area contributed by atoms with Crippen LogP contribution >= 0.6 is 11.6 Å². The number of nitrogens with zero attached hydrogens (tertiary/aromatic N) is 1. The van der Waals surface area contributed by atoms with E-state index >= 15 is 0 Å². The van der Waals surface area contributed by atoms with Crippen LogP contribution in [0.1, 0.15) is 28.0 Å². The third kappa shape index (κ3) is 2.45. The van der Waals surface area contributed by atoms with E-state index in [-0.39, 0.29) is 23.0 Å². The van der Waals surface area contributed by atoms with Gasteiger partial charge in [-0.05, 0) is 6.07 Å². The van der Waals surface area contributed by atoms with Gasteiger partial charge in [0.15, 0.2) is 0 Å². The third-order valence-corrected chi connectivity index (χ3v) is 2.22. The van der Waals surface area contributed by atoms with Crippen LogP contribution in [0.5, 0.6) is 0 Å². The molecule has 0 atom stereocenters. The normalized spacial score (nSPS) is 10.6. The van der Waals surface area contributed by atoms with E-state index in [1.165, 1.54) is 0 Å². The number of hydrogen-bond donors (Lipinski definition) is 1. The second-order valence-corrected chi connectivity index (χ2v) is 3.22. The highest BCUT2D eigenvalue weighted by Gasteiger charge is 2.20. The summed E-state index contributed by atoms with van der Waals surface area (Å²) in [6.07, 6.45) is -2.81. The minimum Gasteiger partial charge on any atom is -0.465 e. The lowest BCUT2D eigenvalue weighted by molar-refractivity contribution is 0.0598. The topological polar surface area (TPSA) is 65.2 Å². The van der Waals surface area contributed by atoms with Gasteiger partial charge in [0.2, 0.25) is 0 Å². The Labute approximate surface area is 95.4 Å². The van der Waals surface area contributed by atoms with E-state index < -0.39 is 18.0 Å². The van der Waals surface area contributed by atoms with E-state index in [2.05, 4.69) is 9.72 Å². The first-order valence-electron chi connectivity index (χ1n) is 4.27. The number of pyridine rings is 1. The van der Waals surface area contributed by atoms with Crippen molar-refractivity contribution in [3.63, 3.8) is 0 Å². The molecule has 1 rings (SSSR count). The highest BCUT2D eigenvalue weighted by atomic mass is 35.5. The number of aromatic nitrogens is 1. The highest BCUT2D eigenvalue weighted by molar-refractivity contribution is 6.30. The van der Waals surface area contributed by atoms with Gasteiger partial charge < -0.3 is 10.5 Å². The van der Waals surface area contributed by atoms with Gasteiger partial charge in [0.05, 0.1) is 23.9 Å². The van der Waals surface area contributed by atoms with E-state index in [0.29, 0.717) is 0 Å². The average molecular weight is 251 g/mol. The zero-order valence-corrected chi connectivity index (χ0v) is 9.09. The maximum absolute atomic E-state index is 12.5. The van der Waals surface area contributed by atoms with Gasteiger partial charge >= 0.3 is 5.97 Å². The third-order valence-electron chi connectivity index (χ3n) is 1.92. The van der Waals surface area contributed by atoms with E-state index in [0.717, 1.165) is 13.2 Å². The van der Waals surface area contributed by atoms with Crippen LogP contribution < -0.4 is 5.73 Å². The van der Waals surface area contributed by atoms with Gasteiger partial charge in [-0.25, -0.2) is 18.6 Å². The molecule has 0 radical (unpaired) electrons. The van der Waals surface area contributed by atoms with E-state index in [1.54, 1.807) is 0 Å². The number of hydrogen-bond acceptors (Lipinski definition) is 4. The molecule has 1 aromatic rings. The second-order valence-electron chi connectivity index (χ2n) is 2.86. The number of carbonyl (C=O) groups excluding carboxylic acids is 1. The van der Waals surface area contributed by atoms with Crippen LogP contribution in [0.2, 0.25) is 5.15 Å². The number of carbonyl (C=O) groups is 1. The molecule has 0 saturated heterocycles. The maximum atomic E-state index is 12.5. The van der Waals surface area contributed by atoms with Crippen LogP contribution in [0.25, 0.3) is 0 Å². The number of ether oxygens (including phenoxy) is 1. The largest absolute Gasteiger partial charge is 0.465 e. The van der Waals surface area contributed by atoms with Crippen molar-refractivity contribution in [2.75, 3.05) is 7.11 Å². The Morgan fingerprint density at radius 3 is 2.75 bits per heavy atom. The first-order chi connectivity index (χ1) is 7.51. The summed E-state index contributed by atoms with van der Waals surface area (Å²) in [7, 11) is 1.14. The van der Waals surface area contributed by atoms with Crippen molar-refractivity contribution in [1.29, 1.82) is 0 Å². The molecule has 0 aliphatic heterocycles. The van der Waals surface area contributed by atoms with Crippen LogP contribution in [0.3, 0.4) is 0 Å². The van der Waals surface area contributed by atoms with Crippen LogP contribution in [0.15, 0.2) is 6.07 Å². The molecule has 0 saturated carbocycles. The van der Waals surface area contributed by atoms with Crippen LogP contribution in [0.4, 0.5) is 8.78 Å². The number of nitrogens with two attached hydrogens (primary N) is 1. The van der Waals surface area contributed by atoms with E-state index in [4.69, 9.17) is 17.3 Å². The zero-order valence-electron chi connectivity index (χ0n) is 8.34. The summed E-state index contributed by atoms with van der Waals surface area (Å²) >= 11 is 5.52. The lowest BCUT2D eigenvalue weighted by Gasteiger charge is -2.09. The molecule has 0 bridgehead atoms. The van der Waals surface area contributed by atoms with Gasteiger partial charge in [-0.15, -0.1) is 0 Å². The number of esters is 1. The van der Waals surface area contributed by atoms with Crippen molar-refractivity contribution in [2.24, 2.45) is 5.73 Å². The molecule has 1 aromatic heterocycles. The fourth-order valence-corrected chi connectivity index (χ4v) is 1.38. The molecule has 16 heavy (non-hydrogen) atoms. The van der Waals surface area contributed by atoms with Crippen LogP contribution in [0, 0.1) is 0 Å². The number of methoxy groups -OCH3 is 1. The monoisotopic (exact) mass is 250 g/mol. The molecule has 0 spiro atoms. The molecule has 0 aromatic carbocycles. The lowest BCUT2D eigenvalue weighted by atomic mass is 10.1. The number of halogens is 3. The summed E-state index contributed by atoms with van der Waals surface area (Å²) in [5, 5.41) is -0.358. The standard InChI is InChI=1S/C9H9ClF2N2O2/c1-16-9(15)4-2-5(8(11)12)7(10)14-6(4)3-13/h2,8H,3,13H2,1H3. The smallest absolute Gasteiger partial charge is 0.339 e. The average Bonchev–Trinajstić information content (AvgIpc) is 2.27. The molecule has 7 heteroatoms. The summed E-state index contributed by atoms with van der Waals surface area (Å²) < 4.78 is 29.4. The first-order valence-corrected chi connectivity index (χ1v) is 4.64. The Morgan fingerprint density at radius 2 is 2.31 bits per heavy atom. The van der Waals surface area contributed by atoms with Gasteiger partial charge in [0, 0.05) is 6.54 Å². The minimum absolute atomic E-state index is 0.0896. The highest BCUT2D eigenvalue weighted by Crippen LogP contribution is 2.27. The van der Waals surface area contributed by atoms with Gasteiger partial charge in [-0.3, -0.25) is 0 Å². The first kappa shape index (κ1) is 12.8. The molecule has 0 amide bonds. The molecule has 4 nitrogen and oxygen atoms in total. The lowest BCUT2D eigenvalue weighted by Crippen LogP contribution is -2.12. The Kier molecular flexibility index (Phi) is 4.14. The fraction of sp³-hybridized carbons (Fsp3) is 0.333. The van der Waals surface area contributed by atoms with Gasteiger partial charge in [-0.1, -0.05) is 11.6 Å². The molecular weight excluding hydrogens is 242 g/mol. The molecule has 0 aliphatic rings. The summed E-state index contributed by atoms with van der Waals surface area (Å²) in [6, 6.07) is 0.952. The predicted octanol–water partition coefficient (Wildman–Crippen LogP) is 1.92. The Bertz CT molecular complexity index is 413. The number of rotatable bonds is 3. The summed E-state index contributed by atoms with van der Waals surface area (Å²) in [6.45, 7) is -0.0896. The van der Waals surface area contributed by atoms with Gasteiger partial charge in [0.1, 0.15) is 5.15 Å². The van der Waals surface area contributed by atoms with E-state index in [1.807, 2.05) is 0 Å². The molecule has 2 N–H and O–H groups in total. The Hall–Kier alpha value is -1.27. The number of alkyl halides is 2. The predicted molar refractivity (Wildman–Crippen MR) is 53.4 cm³/mol. The fourth-order valence-electron chi connectivity index (χ4n) is 1.14. The molecule has 0 unspecified atom stereocenters. The van der Waals surface area contributed by atoms with Crippen molar-refractivity contribution in [2.45, 2.75) is 13.0 Å². The second kappa shape index (κ2) is 5.18. The summed E-state index contributed by atoms with van der Waals surface area (Å²) in [5.41, 5.74) is 4.84. The van der Waals surface area contributed by atoms with Crippen LogP contribution in [-0.2, 0) is 11.3 Å². The Balaban J connectivity index is 3.34. The maximum Gasteiger partial charge on any atom is 0.339 e. The molecule has 0 aliphatic carbocycles. The molecule has 1 heterocycles. The van der Waals surface area contributed by atoms with Crippen molar-refractivity contribution < 1.29 is 18.3 Å². The van der Waals surface area contributed by atoms with E-state index in [9.17, 15) is 13.6 Å². The molecule has 0 fully saturated rings. The minimum atomic E-state index is -2.81. The Morgan fingerprint density at radius 1 is 1.69 bits per heavy atom. The van der Waals surface area contributed by atoms with Crippen molar-refractivity contribution >= 4 is 17.6 Å². The summed E-state index contributed by atoms with van der Waals surface area (Å²) in [4.78, 5) is 14.9. The molecular formula is C9H9ClF2N2O2. The van der Waals surface area contributed by atoms with Crippen molar-refractivity contribution in [3.8, 4) is 0 Å². The molecule has 88 valence electrons. The SMILES string of the molecule is COC(=O)c1cc(C(F)F)c(Cl)nc1CN. The van der Waals surface area contributed by atoms with Gasteiger partial charge in [0.25, 0.3) is 6.43 Å². The van der Waals surface area contributed by atoms with Crippen LogP contribution in [-0.4, -0.2) is 18.1 Å². The van der Waals surface area contributed by atoms with Crippen molar-refractivity contribution in [3.05, 3.63) is 28.0 Å². The quantitative estimate of drug-likeness (QED) is 0.657. The zero-order chi connectivity index (χ0) is 12.3. The van der Waals surface area contributed by atoms with Gasteiger partial charge in [-0.2, -0.15) is 0 Å². The van der Waals surface area contributed by atoms with Crippen molar-refractivity contribution in [1.82, 2.24) is 4.98 Å².